The van der Waals surface area contributed by atoms with E-state index in [9.17, 15) is 0 Å². The molecule has 4 nitrogen and oxygen atoms in total. The van der Waals surface area contributed by atoms with Crippen LogP contribution in [0.5, 0.6) is 0 Å². The summed E-state index contributed by atoms with van der Waals surface area (Å²) in [7, 11) is 0. The Bertz CT molecular complexity index is 529. The normalized spacial score (nSPS) is 10.3. The lowest BCUT2D eigenvalue weighted by atomic mass is 10.1. The lowest BCUT2D eigenvalue weighted by Crippen LogP contribution is -2.35. The summed E-state index contributed by atoms with van der Waals surface area (Å²) in [4.78, 5) is 0. The fraction of sp³-hybridized carbons (Fsp3) is 0.619. The van der Waals surface area contributed by atoms with Gasteiger partial charge in [0.05, 0.1) is 0 Å². The van der Waals surface area contributed by atoms with E-state index in [2.05, 4.69) is 60.2 Å². The third-order valence-corrected chi connectivity index (χ3v) is 4.81. The molecule has 0 fully saturated rings. The van der Waals surface area contributed by atoms with Crippen LogP contribution in [-0.4, -0.2) is 23.3 Å². The molecule has 0 aliphatic carbocycles. The van der Waals surface area contributed by atoms with Gasteiger partial charge in [-0.25, -0.2) is 0 Å². The maximum absolute atomic E-state index is 5.35. The van der Waals surface area contributed by atoms with Gasteiger partial charge >= 0.3 is 0 Å². The second-order valence-corrected chi connectivity index (χ2v) is 7.78. The van der Waals surface area contributed by atoms with Gasteiger partial charge in [0.2, 0.25) is 0 Å². The van der Waals surface area contributed by atoms with Gasteiger partial charge in [0.15, 0.2) is 10.2 Å². The van der Waals surface area contributed by atoms with Gasteiger partial charge in [-0.3, -0.25) is 0 Å². The maximum atomic E-state index is 5.35. The van der Waals surface area contributed by atoms with E-state index in [1.54, 1.807) is 0 Å². The van der Waals surface area contributed by atoms with Gasteiger partial charge in [-0.15, -0.1) is 0 Å². The monoisotopic (exact) mass is 408 g/mol. The minimum Gasteiger partial charge on any atom is -0.363 e. The van der Waals surface area contributed by atoms with E-state index in [1.165, 1.54) is 42.4 Å². The summed E-state index contributed by atoms with van der Waals surface area (Å²) in [5.74, 6) is 0. The zero-order valence-electron chi connectivity index (χ0n) is 17.1. The van der Waals surface area contributed by atoms with E-state index in [-0.39, 0.29) is 0 Å². The summed E-state index contributed by atoms with van der Waals surface area (Å²) in [5, 5.41) is 14.6. The summed E-state index contributed by atoms with van der Waals surface area (Å²) in [6.07, 6.45) is 7.23. The summed E-state index contributed by atoms with van der Waals surface area (Å²) >= 11 is 10.7. The molecular formula is C21H36N4S2. The van der Waals surface area contributed by atoms with Crippen molar-refractivity contribution < 1.29 is 0 Å². The van der Waals surface area contributed by atoms with Crippen LogP contribution in [0.2, 0.25) is 0 Å². The first-order valence-electron chi connectivity index (χ1n) is 10.2. The minimum atomic E-state index is 0.727. The van der Waals surface area contributed by atoms with Crippen LogP contribution in [0.3, 0.4) is 0 Å². The first-order valence-corrected chi connectivity index (χ1v) is 11.0. The van der Waals surface area contributed by atoms with Gasteiger partial charge in [-0.1, -0.05) is 63.3 Å². The van der Waals surface area contributed by atoms with Gasteiger partial charge in [-0.2, -0.15) is 0 Å². The van der Waals surface area contributed by atoms with Crippen molar-refractivity contribution in [3.63, 3.8) is 0 Å². The topological polar surface area (TPSA) is 48.1 Å². The van der Waals surface area contributed by atoms with Crippen LogP contribution in [-0.2, 0) is 13.1 Å². The van der Waals surface area contributed by atoms with Crippen LogP contribution in [0.4, 0.5) is 0 Å². The lowest BCUT2D eigenvalue weighted by molar-refractivity contribution is 0.687. The zero-order chi connectivity index (χ0) is 19.9. The first kappa shape index (κ1) is 23.6. The maximum Gasteiger partial charge on any atom is 0.166 e. The molecule has 1 aromatic carbocycles. The Hall–Kier alpha value is -1.40. The number of aryl methyl sites for hydroxylation is 1. The van der Waals surface area contributed by atoms with E-state index in [4.69, 9.17) is 24.4 Å². The SMILES string of the molecule is CCCCCNC(=S)NCc1cc(C)cc(CNC(=S)NCCCCC)c1. The van der Waals surface area contributed by atoms with Crippen molar-refractivity contribution in [3.05, 3.63) is 34.9 Å². The number of thiocarbonyl (C=S) groups is 2. The van der Waals surface area contributed by atoms with Crippen LogP contribution >= 0.6 is 24.4 Å². The van der Waals surface area contributed by atoms with Gasteiger partial charge in [0.25, 0.3) is 0 Å². The number of hydrogen-bond donors (Lipinski definition) is 4. The molecule has 0 heterocycles. The Kier molecular flexibility index (Phi) is 12.8. The Morgan fingerprint density at radius 1 is 0.704 bits per heavy atom. The molecular weight excluding hydrogens is 372 g/mol. The smallest absolute Gasteiger partial charge is 0.166 e. The highest BCUT2D eigenvalue weighted by Gasteiger charge is 2.02. The van der Waals surface area contributed by atoms with Crippen molar-refractivity contribution in [2.75, 3.05) is 13.1 Å². The highest BCUT2D eigenvalue weighted by molar-refractivity contribution is 7.80. The predicted octanol–water partition coefficient (Wildman–Crippen LogP) is 4.30. The van der Waals surface area contributed by atoms with Crippen molar-refractivity contribution >= 4 is 34.7 Å². The predicted molar refractivity (Wildman–Crippen MR) is 125 cm³/mol. The van der Waals surface area contributed by atoms with Crippen LogP contribution < -0.4 is 21.3 Å². The average molecular weight is 409 g/mol. The standard InChI is InChI=1S/C21H36N4S2/c1-4-6-8-10-22-20(26)24-15-18-12-17(3)13-19(14-18)16-25-21(27)23-11-9-7-5-2/h12-14H,4-11,15-16H2,1-3H3,(H2,22,24,26)(H2,23,25,27). The van der Waals surface area contributed by atoms with Crippen molar-refractivity contribution in [1.82, 2.24) is 21.3 Å². The fourth-order valence-electron chi connectivity index (χ4n) is 2.80. The molecule has 1 aromatic rings. The van der Waals surface area contributed by atoms with E-state index >= 15 is 0 Å². The van der Waals surface area contributed by atoms with Crippen LogP contribution in [0.15, 0.2) is 18.2 Å². The third kappa shape index (κ3) is 11.8. The van der Waals surface area contributed by atoms with Gasteiger partial charge < -0.3 is 21.3 Å². The molecule has 27 heavy (non-hydrogen) atoms. The van der Waals surface area contributed by atoms with Gasteiger partial charge in [0, 0.05) is 26.2 Å². The van der Waals surface area contributed by atoms with E-state index in [1.807, 2.05) is 0 Å². The molecule has 0 saturated carbocycles. The minimum absolute atomic E-state index is 0.727. The molecule has 1 rings (SSSR count). The first-order chi connectivity index (χ1) is 13.0. The van der Waals surface area contributed by atoms with E-state index < -0.39 is 0 Å². The number of hydrogen-bond acceptors (Lipinski definition) is 2. The Labute approximate surface area is 176 Å². The van der Waals surface area contributed by atoms with Crippen LogP contribution in [0, 0.1) is 6.92 Å². The molecule has 6 heteroatoms. The molecule has 0 amide bonds. The van der Waals surface area contributed by atoms with Crippen molar-refractivity contribution in [1.29, 1.82) is 0 Å². The molecule has 0 unspecified atom stereocenters. The van der Waals surface area contributed by atoms with Gasteiger partial charge in [-0.05, 0) is 55.3 Å². The fourth-order valence-corrected chi connectivity index (χ4v) is 3.14. The second-order valence-electron chi connectivity index (χ2n) is 6.96. The molecule has 0 bridgehead atoms. The quantitative estimate of drug-likeness (QED) is 0.305. The lowest BCUT2D eigenvalue weighted by Gasteiger charge is -2.14. The van der Waals surface area contributed by atoms with E-state index in [0.29, 0.717) is 0 Å². The highest BCUT2D eigenvalue weighted by atomic mass is 32.1. The van der Waals surface area contributed by atoms with Gasteiger partial charge in [0.1, 0.15) is 0 Å². The molecule has 0 aliphatic heterocycles. The number of nitrogens with one attached hydrogen (secondary N) is 4. The van der Waals surface area contributed by atoms with Crippen LogP contribution in [0.1, 0.15) is 69.1 Å². The molecule has 0 aromatic heterocycles. The summed E-state index contributed by atoms with van der Waals surface area (Å²) in [6.45, 7) is 9.86. The zero-order valence-corrected chi connectivity index (χ0v) is 18.8. The molecule has 0 saturated heterocycles. The van der Waals surface area contributed by atoms with Crippen molar-refractivity contribution in [2.24, 2.45) is 0 Å². The molecule has 0 radical (unpaired) electrons. The molecule has 0 atom stereocenters. The molecule has 0 aliphatic rings. The number of benzene rings is 1. The third-order valence-electron chi connectivity index (χ3n) is 4.23. The molecule has 0 spiro atoms. The number of rotatable bonds is 12. The van der Waals surface area contributed by atoms with Crippen molar-refractivity contribution in [2.45, 2.75) is 72.4 Å². The second kappa shape index (κ2) is 14.6. The summed E-state index contributed by atoms with van der Waals surface area (Å²) in [5.41, 5.74) is 3.70. The molecule has 4 N–H and O–H groups in total. The largest absolute Gasteiger partial charge is 0.363 e. The number of unbranched alkanes of at least 4 members (excludes halogenated alkanes) is 4. The van der Waals surface area contributed by atoms with Crippen molar-refractivity contribution in [3.8, 4) is 0 Å². The highest BCUT2D eigenvalue weighted by Crippen LogP contribution is 2.10. The van der Waals surface area contributed by atoms with E-state index in [0.717, 1.165) is 49.2 Å². The average Bonchev–Trinajstić information content (AvgIpc) is 2.65. The van der Waals surface area contributed by atoms with Crippen LogP contribution in [0.25, 0.3) is 0 Å². The summed E-state index contributed by atoms with van der Waals surface area (Å²) < 4.78 is 0. The Morgan fingerprint density at radius 3 is 1.56 bits per heavy atom. The Balaban J connectivity index is 2.38. The summed E-state index contributed by atoms with van der Waals surface area (Å²) in [6, 6.07) is 6.58. The Morgan fingerprint density at radius 2 is 1.15 bits per heavy atom. The molecule has 152 valence electrons.